The Morgan fingerprint density at radius 3 is 2.86 bits per heavy atom. The van der Waals surface area contributed by atoms with Crippen LogP contribution in [0.4, 0.5) is 5.13 Å². The molecule has 2 heterocycles. The Morgan fingerprint density at radius 2 is 2.14 bits per heavy atom. The van der Waals surface area contributed by atoms with Gasteiger partial charge in [0.2, 0.25) is 0 Å². The van der Waals surface area contributed by atoms with Gasteiger partial charge < -0.3 is 10.2 Å². The van der Waals surface area contributed by atoms with Crippen LogP contribution in [-0.4, -0.2) is 23.6 Å². The Balaban J connectivity index is 2.00. The molecule has 0 saturated carbocycles. The molecule has 21 heavy (non-hydrogen) atoms. The maximum Gasteiger partial charge on any atom is 0.185 e. The molecule has 4 nitrogen and oxygen atoms in total. The highest BCUT2D eigenvalue weighted by atomic mass is 32.1. The number of hydrogen-bond donors (Lipinski definition) is 1. The average Bonchev–Trinajstić information content (AvgIpc) is 2.94. The minimum atomic E-state index is 0.306. The number of thiazole rings is 1. The lowest BCUT2D eigenvalue weighted by Gasteiger charge is -2.15. The van der Waals surface area contributed by atoms with Crippen molar-refractivity contribution >= 4 is 16.5 Å². The van der Waals surface area contributed by atoms with Gasteiger partial charge in [-0.1, -0.05) is 13.0 Å². The molecule has 0 aliphatic heterocycles. The number of hydrogen-bond acceptors (Lipinski definition) is 5. The van der Waals surface area contributed by atoms with Crippen LogP contribution < -0.4 is 10.2 Å². The van der Waals surface area contributed by atoms with E-state index in [0.717, 1.165) is 41.7 Å². The number of pyridine rings is 1. The first-order valence-electron chi connectivity index (χ1n) is 7.42. The van der Waals surface area contributed by atoms with Crippen LogP contribution in [0.5, 0.6) is 0 Å². The van der Waals surface area contributed by atoms with Gasteiger partial charge >= 0.3 is 0 Å². The van der Waals surface area contributed by atoms with Gasteiger partial charge in [0.15, 0.2) is 5.13 Å². The van der Waals surface area contributed by atoms with E-state index in [2.05, 4.69) is 53.6 Å². The minimum absolute atomic E-state index is 0.306. The van der Waals surface area contributed by atoms with Crippen molar-refractivity contribution in [2.45, 2.75) is 39.8 Å². The quantitative estimate of drug-likeness (QED) is 0.849. The van der Waals surface area contributed by atoms with Crippen LogP contribution in [0.1, 0.15) is 43.4 Å². The maximum atomic E-state index is 4.74. The first kappa shape index (κ1) is 15.9. The van der Waals surface area contributed by atoms with E-state index in [-0.39, 0.29) is 0 Å². The van der Waals surface area contributed by atoms with Gasteiger partial charge in [-0.05, 0) is 38.9 Å². The SMILES string of the molecule is CCCNC(C)c1csc(N(C)Cc2cccc(C)n2)n1. The maximum absolute atomic E-state index is 4.74. The van der Waals surface area contributed by atoms with Crippen LogP contribution in [0.2, 0.25) is 0 Å². The molecular formula is C16H24N4S. The Hall–Kier alpha value is -1.46. The minimum Gasteiger partial charge on any atom is -0.345 e. The normalized spacial score (nSPS) is 12.4. The first-order valence-corrected chi connectivity index (χ1v) is 8.30. The Morgan fingerprint density at radius 1 is 1.33 bits per heavy atom. The molecule has 0 radical (unpaired) electrons. The van der Waals surface area contributed by atoms with Gasteiger partial charge in [0, 0.05) is 24.2 Å². The van der Waals surface area contributed by atoms with Gasteiger partial charge in [0.05, 0.1) is 17.9 Å². The summed E-state index contributed by atoms with van der Waals surface area (Å²) in [5, 5.41) is 6.65. The van der Waals surface area contributed by atoms with Crippen LogP contribution in [0.3, 0.4) is 0 Å². The summed E-state index contributed by atoms with van der Waals surface area (Å²) in [4.78, 5) is 11.4. The fourth-order valence-electron chi connectivity index (χ4n) is 2.11. The molecule has 0 amide bonds. The first-order chi connectivity index (χ1) is 10.1. The Labute approximate surface area is 131 Å². The lowest BCUT2D eigenvalue weighted by Crippen LogP contribution is -2.20. The molecule has 1 atom stereocenters. The molecule has 0 aromatic carbocycles. The summed E-state index contributed by atoms with van der Waals surface area (Å²) >= 11 is 1.69. The van der Waals surface area contributed by atoms with Gasteiger partial charge in [0.25, 0.3) is 0 Å². The number of aryl methyl sites for hydroxylation is 1. The van der Waals surface area contributed by atoms with Crippen molar-refractivity contribution in [1.82, 2.24) is 15.3 Å². The molecule has 114 valence electrons. The molecule has 1 N–H and O–H groups in total. The van der Waals surface area contributed by atoms with E-state index in [1.165, 1.54) is 0 Å². The third-order valence-electron chi connectivity index (χ3n) is 3.33. The van der Waals surface area contributed by atoms with Gasteiger partial charge in [0.1, 0.15) is 0 Å². The molecule has 2 aromatic rings. The second-order valence-electron chi connectivity index (χ2n) is 5.36. The predicted molar refractivity (Wildman–Crippen MR) is 89.9 cm³/mol. The molecule has 5 heteroatoms. The number of rotatable bonds is 7. The molecule has 2 aromatic heterocycles. The molecule has 1 unspecified atom stereocenters. The molecule has 0 aliphatic rings. The van der Waals surface area contributed by atoms with Crippen LogP contribution in [-0.2, 0) is 6.54 Å². The Kier molecular flexibility index (Phi) is 5.70. The van der Waals surface area contributed by atoms with Crippen molar-refractivity contribution in [1.29, 1.82) is 0 Å². The zero-order chi connectivity index (χ0) is 15.2. The standard InChI is InChI=1S/C16H24N4S/c1-5-9-17-13(3)15-11-21-16(19-15)20(4)10-14-8-6-7-12(2)18-14/h6-8,11,13,17H,5,9-10H2,1-4H3. The largest absolute Gasteiger partial charge is 0.345 e. The number of anilines is 1. The summed E-state index contributed by atoms with van der Waals surface area (Å²) in [6.45, 7) is 8.17. The molecule has 2 rings (SSSR count). The summed E-state index contributed by atoms with van der Waals surface area (Å²) in [6, 6.07) is 6.44. The van der Waals surface area contributed by atoms with Crippen molar-refractivity contribution in [2.24, 2.45) is 0 Å². The van der Waals surface area contributed by atoms with E-state index in [0.29, 0.717) is 6.04 Å². The highest BCUT2D eigenvalue weighted by molar-refractivity contribution is 7.13. The predicted octanol–water partition coefficient (Wildman–Crippen LogP) is 3.54. The molecule has 0 bridgehead atoms. The summed E-state index contributed by atoms with van der Waals surface area (Å²) in [6.07, 6.45) is 1.14. The summed E-state index contributed by atoms with van der Waals surface area (Å²) in [5.74, 6) is 0. The van der Waals surface area contributed by atoms with Crippen LogP contribution in [0.25, 0.3) is 0 Å². The van der Waals surface area contributed by atoms with Gasteiger partial charge in [-0.2, -0.15) is 0 Å². The smallest absolute Gasteiger partial charge is 0.185 e. The van der Waals surface area contributed by atoms with Gasteiger partial charge in [-0.25, -0.2) is 4.98 Å². The monoisotopic (exact) mass is 304 g/mol. The van der Waals surface area contributed by atoms with Gasteiger partial charge in [-0.3, -0.25) is 4.98 Å². The van der Waals surface area contributed by atoms with Crippen molar-refractivity contribution in [3.8, 4) is 0 Å². The zero-order valence-electron chi connectivity index (χ0n) is 13.3. The van der Waals surface area contributed by atoms with E-state index < -0.39 is 0 Å². The fraction of sp³-hybridized carbons (Fsp3) is 0.500. The molecule has 0 aliphatic carbocycles. The van der Waals surface area contributed by atoms with Gasteiger partial charge in [-0.15, -0.1) is 11.3 Å². The average molecular weight is 304 g/mol. The third-order valence-corrected chi connectivity index (χ3v) is 4.30. The summed E-state index contributed by atoms with van der Waals surface area (Å²) in [5.41, 5.74) is 3.25. The van der Waals surface area contributed by atoms with Crippen LogP contribution >= 0.6 is 11.3 Å². The second kappa shape index (κ2) is 7.52. The van der Waals surface area contributed by atoms with E-state index in [1.807, 2.05) is 13.0 Å². The van der Waals surface area contributed by atoms with E-state index in [9.17, 15) is 0 Å². The molecule has 0 spiro atoms. The summed E-state index contributed by atoms with van der Waals surface area (Å²) in [7, 11) is 2.07. The molecule has 0 fully saturated rings. The Bertz CT molecular complexity index is 567. The van der Waals surface area contributed by atoms with E-state index >= 15 is 0 Å². The third kappa shape index (κ3) is 4.51. The van der Waals surface area contributed by atoms with Crippen LogP contribution in [0.15, 0.2) is 23.6 Å². The molecular weight excluding hydrogens is 280 g/mol. The zero-order valence-corrected chi connectivity index (χ0v) is 14.1. The van der Waals surface area contributed by atoms with Crippen molar-refractivity contribution < 1.29 is 0 Å². The van der Waals surface area contributed by atoms with E-state index in [1.54, 1.807) is 11.3 Å². The lowest BCUT2D eigenvalue weighted by atomic mass is 10.2. The number of nitrogens with one attached hydrogen (secondary N) is 1. The second-order valence-corrected chi connectivity index (χ2v) is 6.19. The highest BCUT2D eigenvalue weighted by Crippen LogP contribution is 2.24. The highest BCUT2D eigenvalue weighted by Gasteiger charge is 2.12. The molecule has 0 saturated heterocycles. The topological polar surface area (TPSA) is 41.0 Å². The number of nitrogens with zero attached hydrogens (tertiary/aromatic N) is 3. The van der Waals surface area contributed by atoms with Crippen molar-refractivity contribution in [3.05, 3.63) is 40.7 Å². The van der Waals surface area contributed by atoms with E-state index in [4.69, 9.17) is 4.98 Å². The fourth-order valence-corrected chi connectivity index (χ4v) is 3.00. The number of aromatic nitrogens is 2. The van der Waals surface area contributed by atoms with Crippen molar-refractivity contribution in [2.75, 3.05) is 18.5 Å². The van der Waals surface area contributed by atoms with Crippen LogP contribution in [0, 0.1) is 6.92 Å². The summed E-state index contributed by atoms with van der Waals surface area (Å²) < 4.78 is 0. The van der Waals surface area contributed by atoms with Crippen molar-refractivity contribution in [3.63, 3.8) is 0 Å². The lowest BCUT2D eigenvalue weighted by molar-refractivity contribution is 0.560.